The molecule has 4 aromatic carbocycles. The molecular weight excluding hydrogens is 508 g/mol. The Hall–Kier alpha value is -4.25. The number of carbonyl (C=O) groups is 1. The van der Waals surface area contributed by atoms with Crippen LogP contribution in [-0.4, -0.2) is 19.1 Å². The van der Waals surface area contributed by atoms with Crippen LogP contribution >= 0.6 is 0 Å². The van der Waals surface area contributed by atoms with Gasteiger partial charge in [0.15, 0.2) is 5.60 Å². The Labute approximate surface area is 242 Å². The molecule has 3 heterocycles. The minimum absolute atomic E-state index is 0.308. The largest absolute Gasteiger partial charge is 0.456 e. The molecule has 0 bridgehead atoms. The van der Waals surface area contributed by atoms with Crippen LogP contribution in [0.1, 0.15) is 77.2 Å². The minimum atomic E-state index is -1.08. The lowest BCUT2D eigenvalue weighted by Crippen LogP contribution is -2.34. The molecule has 1 N–H and O–H groups in total. The maximum atomic E-state index is 13.3. The summed E-state index contributed by atoms with van der Waals surface area (Å²) in [6.07, 6.45) is 7.16. The number of carbonyl (C=O) groups excluding carboxylic acids is 1. The Morgan fingerprint density at radius 2 is 1.63 bits per heavy atom. The van der Waals surface area contributed by atoms with Gasteiger partial charge in [-0.2, -0.15) is 0 Å². The maximum Gasteiger partial charge on any atom is 0.340 e. The fraction of sp³-hybridized carbons (Fsp3) is 0.306. The van der Waals surface area contributed by atoms with Crippen molar-refractivity contribution in [1.82, 2.24) is 0 Å². The summed E-state index contributed by atoms with van der Waals surface area (Å²) >= 11 is 0. The van der Waals surface area contributed by atoms with Crippen LogP contribution in [0.2, 0.25) is 0 Å². The summed E-state index contributed by atoms with van der Waals surface area (Å²) in [5.41, 5.74) is 7.62. The molecule has 3 aliphatic rings. The standard InChI is InChI=1S/C36H36N2O3/c1-3-4-10-25-13-15-26(16-14-25)37-32-23-31-33(21-24(32)2)40-34-22-27(38-19-8-5-9-20-38)17-18-30(34)36(31)29-12-7-6-11-28(29)35(39)41-36/h6-7,11-18,21-23,37H,3-5,8-10,19-20H2,1-2H3. The van der Waals surface area contributed by atoms with Crippen molar-refractivity contribution >= 4 is 23.0 Å². The van der Waals surface area contributed by atoms with Crippen molar-refractivity contribution in [3.8, 4) is 11.5 Å². The molecule has 1 saturated heterocycles. The van der Waals surface area contributed by atoms with Crippen molar-refractivity contribution in [2.75, 3.05) is 23.3 Å². The molecule has 0 radical (unpaired) electrons. The molecule has 1 atom stereocenters. The van der Waals surface area contributed by atoms with Crippen LogP contribution in [0, 0.1) is 6.92 Å². The molecule has 41 heavy (non-hydrogen) atoms. The van der Waals surface area contributed by atoms with E-state index in [1.165, 1.54) is 37.7 Å². The van der Waals surface area contributed by atoms with Crippen LogP contribution < -0.4 is 15.0 Å². The molecule has 0 aliphatic carbocycles. The summed E-state index contributed by atoms with van der Waals surface area (Å²) < 4.78 is 13.1. The van der Waals surface area contributed by atoms with Crippen LogP contribution in [0.25, 0.3) is 0 Å². The van der Waals surface area contributed by atoms with Crippen molar-refractivity contribution < 1.29 is 14.3 Å². The van der Waals surface area contributed by atoms with Gasteiger partial charge in [0.2, 0.25) is 0 Å². The number of piperidine rings is 1. The third kappa shape index (κ3) is 4.35. The number of hydrogen-bond donors (Lipinski definition) is 1. The molecule has 1 unspecified atom stereocenters. The third-order valence-electron chi connectivity index (χ3n) is 8.82. The maximum absolute atomic E-state index is 13.3. The fourth-order valence-corrected chi connectivity index (χ4v) is 6.58. The van der Waals surface area contributed by atoms with E-state index in [9.17, 15) is 4.79 Å². The molecule has 208 valence electrons. The van der Waals surface area contributed by atoms with Gasteiger partial charge in [0, 0.05) is 52.9 Å². The van der Waals surface area contributed by atoms with E-state index in [1.807, 2.05) is 24.3 Å². The van der Waals surface area contributed by atoms with Gasteiger partial charge in [-0.1, -0.05) is 43.7 Å². The number of nitrogens with one attached hydrogen (secondary N) is 1. The number of nitrogens with zero attached hydrogens (tertiary/aromatic N) is 1. The van der Waals surface area contributed by atoms with E-state index >= 15 is 0 Å². The Bertz CT molecular complexity index is 1620. The lowest BCUT2D eigenvalue weighted by molar-refractivity contribution is 0.0224. The fourth-order valence-electron chi connectivity index (χ4n) is 6.58. The highest BCUT2D eigenvalue weighted by Crippen LogP contribution is 2.57. The molecule has 5 heteroatoms. The number of unbranched alkanes of at least 4 members (excludes halogenated alkanes) is 1. The van der Waals surface area contributed by atoms with Gasteiger partial charge in [-0.3, -0.25) is 0 Å². The average Bonchev–Trinajstić information content (AvgIpc) is 3.30. The highest BCUT2D eigenvalue weighted by atomic mass is 16.6. The van der Waals surface area contributed by atoms with E-state index in [2.05, 4.69) is 78.7 Å². The quantitative estimate of drug-likeness (QED) is 0.246. The molecule has 4 aromatic rings. The van der Waals surface area contributed by atoms with E-state index < -0.39 is 5.60 Å². The first-order valence-corrected chi connectivity index (χ1v) is 15.0. The number of ether oxygens (including phenoxy) is 2. The molecule has 1 fully saturated rings. The van der Waals surface area contributed by atoms with Gasteiger partial charge in [0.05, 0.1) is 5.56 Å². The molecule has 5 nitrogen and oxygen atoms in total. The van der Waals surface area contributed by atoms with Crippen LogP contribution in [-0.2, 0) is 16.8 Å². The lowest BCUT2D eigenvalue weighted by Gasteiger charge is -2.38. The zero-order chi connectivity index (χ0) is 28.0. The van der Waals surface area contributed by atoms with E-state index in [1.54, 1.807) is 0 Å². The first-order valence-electron chi connectivity index (χ1n) is 15.0. The number of hydrogen-bond acceptors (Lipinski definition) is 5. The molecule has 1 spiro atoms. The number of esters is 1. The number of fused-ring (bicyclic) bond motifs is 6. The predicted molar refractivity (Wildman–Crippen MR) is 164 cm³/mol. The van der Waals surface area contributed by atoms with Crippen molar-refractivity contribution in [2.24, 2.45) is 0 Å². The molecule has 0 amide bonds. The monoisotopic (exact) mass is 544 g/mol. The summed E-state index contributed by atoms with van der Waals surface area (Å²) in [6.45, 7) is 6.40. The summed E-state index contributed by atoms with van der Waals surface area (Å²) in [4.78, 5) is 15.8. The van der Waals surface area contributed by atoms with E-state index in [0.29, 0.717) is 5.56 Å². The van der Waals surface area contributed by atoms with E-state index in [-0.39, 0.29) is 5.97 Å². The van der Waals surface area contributed by atoms with Gasteiger partial charge >= 0.3 is 5.97 Å². The Kier molecular flexibility index (Phi) is 6.45. The van der Waals surface area contributed by atoms with Gasteiger partial charge in [0.25, 0.3) is 0 Å². The van der Waals surface area contributed by atoms with Crippen LogP contribution in [0.5, 0.6) is 11.5 Å². The topological polar surface area (TPSA) is 50.8 Å². The van der Waals surface area contributed by atoms with Gasteiger partial charge < -0.3 is 19.7 Å². The van der Waals surface area contributed by atoms with Gasteiger partial charge in [-0.25, -0.2) is 4.79 Å². The van der Waals surface area contributed by atoms with Crippen LogP contribution in [0.15, 0.2) is 78.9 Å². The SMILES string of the molecule is CCCCc1ccc(Nc2cc3c(cc2C)Oc2cc(N4CCCCC4)ccc2C32OC(=O)c3ccccc32)cc1. The smallest absolute Gasteiger partial charge is 0.340 e. The molecule has 0 saturated carbocycles. The van der Waals surface area contributed by atoms with Crippen molar-refractivity contribution in [2.45, 2.75) is 58.0 Å². The lowest BCUT2D eigenvalue weighted by atomic mass is 9.77. The minimum Gasteiger partial charge on any atom is -0.456 e. The second kappa shape index (κ2) is 10.3. The normalized spacial score (nSPS) is 18.8. The Morgan fingerprint density at radius 3 is 2.44 bits per heavy atom. The second-order valence-electron chi connectivity index (χ2n) is 11.5. The molecule has 3 aliphatic heterocycles. The zero-order valence-electron chi connectivity index (χ0n) is 23.8. The molecule has 0 aromatic heterocycles. The summed E-state index contributed by atoms with van der Waals surface area (Å²) in [5, 5.41) is 3.62. The van der Waals surface area contributed by atoms with E-state index in [0.717, 1.165) is 70.3 Å². The summed E-state index contributed by atoms with van der Waals surface area (Å²) in [6, 6.07) is 27.0. The number of rotatable bonds is 6. The van der Waals surface area contributed by atoms with Gasteiger partial charge in [-0.15, -0.1) is 0 Å². The van der Waals surface area contributed by atoms with Gasteiger partial charge in [0.1, 0.15) is 11.5 Å². The summed E-state index contributed by atoms with van der Waals surface area (Å²) in [5.74, 6) is 1.15. The summed E-state index contributed by atoms with van der Waals surface area (Å²) in [7, 11) is 0. The van der Waals surface area contributed by atoms with Crippen molar-refractivity contribution in [1.29, 1.82) is 0 Å². The molecule has 7 rings (SSSR count). The van der Waals surface area contributed by atoms with Crippen molar-refractivity contribution in [3.05, 3.63) is 112 Å². The van der Waals surface area contributed by atoms with Crippen molar-refractivity contribution in [3.63, 3.8) is 0 Å². The first-order chi connectivity index (χ1) is 20.1. The van der Waals surface area contributed by atoms with Crippen LogP contribution in [0.4, 0.5) is 17.1 Å². The number of anilines is 3. The second-order valence-corrected chi connectivity index (χ2v) is 11.5. The predicted octanol–water partition coefficient (Wildman–Crippen LogP) is 8.64. The van der Waals surface area contributed by atoms with E-state index in [4.69, 9.17) is 9.47 Å². The highest BCUT2D eigenvalue weighted by molar-refractivity contribution is 5.97. The number of benzene rings is 4. The van der Waals surface area contributed by atoms with Crippen LogP contribution in [0.3, 0.4) is 0 Å². The third-order valence-corrected chi connectivity index (χ3v) is 8.82. The zero-order valence-corrected chi connectivity index (χ0v) is 23.8. The molecular formula is C36H36N2O3. The Morgan fingerprint density at radius 1 is 0.854 bits per heavy atom. The highest BCUT2D eigenvalue weighted by Gasteiger charge is 2.53. The van der Waals surface area contributed by atoms with Gasteiger partial charge in [-0.05, 0) is 92.6 Å². The Balaban J connectivity index is 1.33. The first kappa shape index (κ1) is 25.7. The average molecular weight is 545 g/mol. The number of aryl methyl sites for hydroxylation is 2.